The smallest absolute Gasteiger partial charge is 0.147 e. The molecule has 0 aliphatic rings. The fraction of sp³-hybridized carbons (Fsp3) is 1.00. The van der Waals surface area contributed by atoms with E-state index in [4.69, 9.17) is 0 Å². The highest BCUT2D eigenvalue weighted by atomic mass is 35.5. The van der Waals surface area contributed by atoms with Crippen LogP contribution in [0.15, 0.2) is 0 Å². The van der Waals surface area contributed by atoms with Gasteiger partial charge in [0, 0.05) is 0 Å². The van der Waals surface area contributed by atoms with Gasteiger partial charge in [0.05, 0.1) is 0 Å². The summed E-state index contributed by atoms with van der Waals surface area (Å²) in [5.74, 6) is 0. The molecule has 0 rings (SSSR count). The predicted octanol–water partition coefficient (Wildman–Crippen LogP) is 1.32. The normalized spacial score (nSPS) is 2.83. The molecule has 42 valence electrons. The standard InChI is InChI=1S/C2H5.Al.3ClH.2H/c1-2;;;;;;/h1H2,2H3;;3*1H;;. The van der Waals surface area contributed by atoms with E-state index in [9.17, 15) is 0 Å². The third-order valence-corrected chi connectivity index (χ3v) is 0. The van der Waals surface area contributed by atoms with Gasteiger partial charge >= 0.3 is 0 Å². The van der Waals surface area contributed by atoms with E-state index in [1.807, 2.05) is 0 Å². The minimum Gasteiger partial charge on any atom is -0.147 e. The Morgan fingerprint density at radius 1 is 1.17 bits per heavy atom. The molecule has 0 aromatic rings. The average Bonchev–Trinajstić information content (AvgIpc) is 0.918. The van der Waals surface area contributed by atoms with Gasteiger partial charge in [-0.15, -0.1) is 42.5 Å². The number of halogens is 3. The van der Waals surface area contributed by atoms with Crippen LogP contribution in [-0.4, -0.2) is 16.3 Å². The van der Waals surface area contributed by atoms with Crippen LogP contribution in [0.3, 0.4) is 0 Å². The van der Waals surface area contributed by atoms with E-state index in [1.165, 1.54) is 21.6 Å². The molecule has 0 radical (unpaired) electrons. The molecule has 0 aromatic carbocycles. The van der Waals surface area contributed by atoms with Crippen molar-refractivity contribution in [3.8, 4) is 0 Å². The summed E-state index contributed by atoms with van der Waals surface area (Å²) in [7, 11) is 0. The highest BCUT2D eigenvalue weighted by Gasteiger charge is 1.41. The molecule has 0 aromatic heterocycles. The van der Waals surface area contributed by atoms with Crippen LogP contribution in [0.5, 0.6) is 0 Å². The predicted molar refractivity (Wildman–Crippen MR) is 40.8 cm³/mol. The van der Waals surface area contributed by atoms with Gasteiger partial charge in [0.1, 0.15) is 0 Å². The Kier molecular flexibility index (Phi) is 141. The van der Waals surface area contributed by atoms with Crippen LogP contribution < -0.4 is 0 Å². The second-order valence-corrected chi connectivity index (χ2v) is 2.12. The van der Waals surface area contributed by atoms with E-state index < -0.39 is 0 Å². The Labute approximate surface area is 65.7 Å². The van der Waals surface area contributed by atoms with E-state index in [-0.39, 0.29) is 37.2 Å². The Morgan fingerprint density at radius 2 is 1.17 bits per heavy atom. The van der Waals surface area contributed by atoms with Gasteiger partial charge in [-0.25, -0.2) is 0 Å². The molecule has 0 amide bonds. The molecule has 0 bridgehead atoms. The molecule has 0 spiro atoms. The lowest BCUT2D eigenvalue weighted by Gasteiger charge is -1.44. The van der Waals surface area contributed by atoms with Crippen LogP contribution in [0, 0.1) is 0 Å². The van der Waals surface area contributed by atoms with E-state index in [1.54, 1.807) is 0 Å². The van der Waals surface area contributed by atoms with Crippen LogP contribution >= 0.6 is 37.2 Å². The molecular formula is C2H10AlCl3. The summed E-state index contributed by atoms with van der Waals surface area (Å²) in [5, 5.41) is 1.39. The molecule has 0 unspecified atom stereocenters. The SMILES string of the molecule is C[CH2][AlH2].Cl.Cl.Cl. The van der Waals surface area contributed by atoms with Crippen molar-refractivity contribution in [3.63, 3.8) is 0 Å². The minimum absolute atomic E-state index is 0. The highest BCUT2D eigenvalue weighted by molar-refractivity contribution is 6.08. The summed E-state index contributed by atoms with van der Waals surface area (Å²) in [6, 6.07) is 0. The Balaban J connectivity index is -0.00000000667. The van der Waals surface area contributed by atoms with Gasteiger partial charge in [0.2, 0.25) is 16.3 Å². The van der Waals surface area contributed by atoms with E-state index in [2.05, 4.69) is 6.92 Å². The minimum atomic E-state index is 0. The zero-order chi connectivity index (χ0) is 2.71. The van der Waals surface area contributed by atoms with Crippen molar-refractivity contribution in [3.05, 3.63) is 0 Å². The largest absolute Gasteiger partial charge is 0.211 e. The molecule has 0 saturated heterocycles. The first-order chi connectivity index (χ1) is 1.41. The summed E-state index contributed by atoms with van der Waals surface area (Å²) in [5.41, 5.74) is 0. The van der Waals surface area contributed by atoms with Crippen molar-refractivity contribution in [2.45, 2.75) is 12.2 Å². The van der Waals surface area contributed by atoms with Gasteiger partial charge in [-0.1, -0.05) is 6.92 Å². The maximum absolute atomic E-state index is 2.19. The van der Waals surface area contributed by atoms with Gasteiger partial charge in [0.15, 0.2) is 0 Å². The van der Waals surface area contributed by atoms with Crippen LogP contribution in [0.2, 0.25) is 5.28 Å². The van der Waals surface area contributed by atoms with Crippen molar-refractivity contribution in [2.24, 2.45) is 0 Å². The number of hydrogen-bond acceptors (Lipinski definition) is 0. The fourth-order valence-electron chi connectivity index (χ4n) is 0. The van der Waals surface area contributed by atoms with Crippen LogP contribution in [0.4, 0.5) is 0 Å². The quantitative estimate of drug-likeness (QED) is 0.478. The number of hydrogen-bond donors (Lipinski definition) is 0. The Morgan fingerprint density at radius 3 is 1.17 bits per heavy atom. The van der Waals surface area contributed by atoms with Crippen LogP contribution in [0.1, 0.15) is 6.92 Å². The van der Waals surface area contributed by atoms with E-state index >= 15 is 0 Å². The Hall–Kier alpha value is 1.40. The average molecular weight is 167 g/mol. The first-order valence-corrected chi connectivity index (χ1v) is 2.83. The lowest BCUT2D eigenvalue weighted by Crippen LogP contribution is -1.41. The monoisotopic (exact) mass is 166 g/mol. The van der Waals surface area contributed by atoms with Crippen molar-refractivity contribution in [2.75, 3.05) is 0 Å². The lowest BCUT2D eigenvalue weighted by molar-refractivity contribution is 1.48. The third-order valence-electron chi connectivity index (χ3n) is 0. The third kappa shape index (κ3) is 53.2. The maximum Gasteiger partial charge on any atom is 0.211 e. The van der Waals surface area contributed by atoms with Gasteiger partial charge in [-0.05, 0) is 0 Å². The molecule has 0 saturated carbocycles. The lowest BCUT2D eigenvalue weighted by atomic mass is 11.0. The van der Waals surface area contributed by atoms with Gasteiger partial charge < -0.3 is 0 Å². The molecule has 0 aliphatic heterocycles. The van der Waals surface area contributed by atoms with E-state index in [0.29, 0.717) is 0 Å². The fourth-order valence-corrected chi connectivity index (χ4v) is 0. The van der Waals surface area contributed by atoms with Crippen molar-refractivity contribution >= 4 is 53.5 Å². The summed E-state index contributed by atoms with van der Waals surface area (Å²) in [6.45, 7) is 2.19. The van der Waals surface area contributed by atoms with Crippen LogP contribution in [0.25, 0.3) is 0 Å². The zero-order valence-electron chi connectivity index (χ0n) is 3.93. The van der Waals surface area contributed by atoms with Crippen LogP contribution in [-0.2, 0) is 0 Å². The Bertz CT molecular complexity index is 8.75. The molecule has 0 nitrogen and oxygen atoms in total. The summed E-state index contributed by atoms with van der Waals surface area (Å²) in [6.07, 6.45) is 0. The van der Waals surface area contributed by atoms with Gasteiger partial charge in [0.25, 0.3) is 0 Å². The number of rotatable bonds is 0. The second kappa shape index (κ2) is 32.4. The molecule has 4 heteroatoms. The maximum atomic E-state index is 2.19. The van der Waals surface area contributed by atoms with E-state index in [0.717, 1.165) is 0 Å². The molecule has 0 N–H and O–H groups in total. The summed E-state index contributed by atoms with van der Waals surface area (Å²) in [4.78, 5) is 0. The van der Waals surface area contributed by atoms with Gasteiger partial charge in [-0.2, -0.15) is 0 Å². The van der Waals surface area contributed by atoms with Crippen molar-refractivity contribution in [1.29, 1.82) is 0 Å². The first kappa shape index (κ1) is 26.2. The van der Waals surface area contributed by atoms with Crippen molar-refractivity contribution in [1.82, 2.24) is 0 Å². The first-order valence-electron chi connectivity index (χ1n) is 1.41. The molecule has 0 fully saturated rings. The zero-order valence-corrected chi connectivity index (χ0v) is 8.38. The summed E-state index contributed by atoms with van der Waals surface area (Å²) >= 11 is 1.37. The summed E-state index contributed by atoms with van der Waals surface area (Å²) < 4.78 is 0. The molecule has 0 aliphatic carbocycles. The molecule has 0 heterocycles. The highest BCUT2D eigenvalue weighted by Crippen LogP contribution is 1.49. The van der Waals surface area contributed by atoms with Gasteiger partial charge in [-0.3, -0.25) is 0 Å². The molecular weight excluding hydrogens is 157 g/mol. The topological polar surface area (TPSA) is 0 Å². The van der Waals surface area contributed by atoms with Crippen molar-refractivity contribution < 1.29 is 0 Å². The molecule has 0 atom stereocenters. The second-order valence-electron chi connectivity index (χ2n) is 0.707. The molecule has 6 heavy (non-hydrogen) atoms.